The second-order valence-corrected chi connectivity index (χ2v) is 5.61. The summed E-state index contributed by atoms with van der Waals surface area (Å²) in [5.41, 5.74) is 1.31. The second-order valence-electron chi connectivity index (χ2n) is 4.37. The molecule has 0 aliphatic rings. The molecular weight excluding hydrogens is 230 g/mol. The Hall–Kier alpha value is -0.420. The van der Waals surface area contributed by atoms with Gasteiger partial charge in [-0.2, -0.15) is 0 Å². The first kappa shape index (κ1) is 16.6. The molecular formula is C15H26FP. The highest BCUT2D eigenvalue weighted by molar-refractivity contribution is 7.41. The molecule has 0 saturated heterocycles. The molecule has 2 atom stereocenters. The minimum absolute atomic E-state index is 0.177. The van der Waals surface area contributed by atoms with E-state index in [1.165, 1.54) is 12.0 Å². The molecule has 2 unspecified atom stereocenters. The summed E-state index contributed by atoms with van der Waals surface area (Å²) in [4.78, 5) is 0. The third-order valence-corrected chi connectivity index (χ3v) is 3.84. The topological polar surface area (TPSA) is 0 Å². The fourth-order valence-corrected chi connectivity index (χ4v) is 2.26. The van der Waals surface area contributed by atoms with Gasteiger partial charge in [-0.15, -0.1) is 0 Å². The van der Waals surface area contributed by atoms with Crippen LogP contribution in [-0.2, 0) is 0 Å². The van der Waals surface area contributed by atoms with Crippen molar-refractivity contribution in [1.29, 1.82) is 0 Å². The monoisotopic (exact) mass is 256 g/mol. The summed E-state index contributed by atoms with van der Waals surface area (Å²) < 4.78 is 11.8. The summed E-state index contributed by atoms with van der Waals surface area (Å²) in [6.07, 6.45) is 11.4. The maximum absolute atomic E-state index is 11.8. The highest BCUT2D eigenvalue weighted by Crippen LogP contribution is 2.17. The molecule has 0 nitrogen and oxygen atoms in total. The molecule has 0 fully saturated rings. The van der Waals surface area contributed by atoms with Gasteiger partial charge in [-0.25, -0.2) is 0 Å². The zero-order valence-electron chi connectivity index (χ0n) is 11.2. The molecule has 0 aromatic carbocycles. The number of unbranched alkanes of at least 4 members (excludes halogenated alkanes) is 1. The quantitative estimate of drug-likeness (QED) is 0.276. The predicted octanol–water partition coefficient (Wildman–Crippen LogP) is 5.48. The van der Waals surface area contributed by atoms with Crippen molar-refractivity contribution in [2.75, 3.05) is 12.8 Å². The standard InChI is InChI=1S/C15H26FP/c1-4-14(3)13-15(5-2)9-8-12-17-11-7-6-10-16/h5,8-9,12,14,17H,2,4,6-7,10-11,13H2,1,3H3/b12-8+,15-9+. The van der Waals surface area contributed by atoms with Gasteiger partial charge in [-0.3, -0.25) is 4.39 Å². The van der Waals surface area contributed by atoms with Crippen molar-refractivity contribution in [1.82, 2.24) is 0 Å². The van der Waals surface area contributed by atoms with Crippen molar-refractivity contribution < 1.29 is 4.39 Å². The highest BCUT2D eigenvalue weighted by atomic mass is 31.1. The third kappa shape index (κ3) is 10.5. The van der Waals surface area contributed by atoms with Crippen LogP contribution in [0, 0.1) is 5.92 Å². The van der Waals surface area contributed by atoms with Crippen LogP contribution in [0.15, 0.2) is 36.2 Å². The van der Waals surface area contributed by atoms with Gasteiger partial charge in [0.2, 0.25) is 0 Å². The fraction of sp³-hybridized carbons (Fsp3) is 0.600. The van der Waals surface area contributed by atoms with Crippen molar-refractivity contribution >= 4 is 8.58 Å². The largest absolute Gasteiger partial charge is 0.251 e. The van der Waals surface area contributed by atoms with E-state index in [4.69, 9.17) is 0 Å². The summed E-state index contributed by atoms with van der Waals surface area (Å²) in [6, 6.07) is 0. The maximum Gasteiger partial charge on any atom is 0.0894 e. The van der Waals surface area contributed by atoms with Crippen LogP contribution in [0.5, 0.6) is 0 Å². The van der Waals surface area contributed by atoms with Crippen LogP contribution in [-0.4, -0.2) is 12.8 Å². The lowest BCUT2D eigenvalue weighted by atomic mass is 9.99. The number of hydrogen-bond donors (Lipinski definition) is 0. The minimum Gasteiger partial charge on any atom is -0.251 e. The lowest BCUT2D eigenvalue weighted by Crippen LogP contribution is -1.92. The van der Waals surface area contributed by atoms with E-state index in [1.807, 2.05) is 6.08 Å². The average Bonchev–Trinajstić information content (AvgIpc) is 2.35. The van der Waals surface area contributed by atoms with E-state index in [1.54, 1.807) is 0 Å². The van der Waals surface area contributed by atoms with Crippen molar-refractivity contribution in [3.8, 4) is 0 Å². The Morgan fingerprint density at radius 1 is 1.41 bits per heavy atom. The predicted molar refractivity (Wildman–Crippen MR) is 79.9 cm³/mol. The molecule has 0 radical (unpaired) electrons. The lowest BCUT2D eigenvalue weighted by Gasteiger charge is -2.07. The van der Waals surface area contributed by atoms with Crippen LogP contribution in [0.25, 0.3) is 0 Å². The SMILES string of the molecule is C=C/C(=C\C=C\PCCCCF)CC(C)CC. The van der Waals surface area contributed by atoms with Crippen LogP contribution in [0.1, 0.15) is 39.5 Å². The smallest absolute Gasteiger partial charge is 0.0894 e. The molecule has 0 rings (SSSR count). The Labute approximate surface area is 108 Å². The van der Waals surface area contributed by atoms with Gasteiger partial charge < -0.3 is 0 Å². The molecule has 2 heteroatoms. The average molecular weight is 256 g/mol. The zero-order chi connectivity index (χ0) is 12.9. The summed E-state index contributed by atoms with van der Waals surface area (Å²) in [5.74, 6) is 2.91. The Balaban J connectivity index is 3.84. The van der Waals surface area contributed by atoms with E-state index in [0.29, 0.717) is 6.42 Å². The van der Waals surface area contributed by atoms with E-state index in [9.17, 15) is 4.39 Å². The Kier molecular flexibility index (Phi) is 11.8. The van der Waals surface area contributed by atoms with Gasteiger partial charge in [0.25, 0.3) is 0 Å². The van der Waals surface area contributed by atoms with Crippen molar-refractivity contribution in [3.63, 3.8) is 0 Å². The number of rotatable bonds is 10. The molecule has 0 aliphatic heterocycles. The Bertz CT molecular complexity index is 243. The minimum atomic E-state index is -0.177. The molecule has 0 spiro atoms. The molecule has 17 heavy (non-hydrogen) atoms. The first-order chi connectivity index (χ1) is 8.24. The van der Waals surface area contributed by atoms with Crippen LogP contribution in [0.3, 0.4) is 0 Å². The molecule has 0 aromatic heterocycles. The lowest BCUT2D eigenvalue weighted by molar-refractivity contribution is 0.470. The molecule has 98 valence electrons. The van der Waals surface area contributed by atoms with Crippen LogP contribution in [0.4, 0.5) is 4.39 Å². The van der Waals surface area contributed by atoms with E-state index >= 15 is 0 Å². The van der Waals surface area contributed by atoms with Gasteiger partial charge >= 0.3 is 0 Å². The van der Waals surface area contributed by atoms with Gasteiger partial charge in [0.15, 0.2) is 0 Å². The van der Waals surface area contributed by atoms with E-state index < -0.39 is 0 Å². The molecule has 0 bridgehead atoms. The molecule has 0 N–H and O–H groups in total. The summed E-state index contributed by atoms with van der Waals surface area (Å²) in [7, 11) is 0.813. The number of alkyl halides is 1. The molecule has 0 heterocycles. The van der Waals surface area contributed by atoms with Gasteiger partial charge in [-0.1, -0.05) is 59.5 Å². The summed E-state index contributed by atoms with van der Waals surface area (Å²) >= 11 is 0. The number of hydrogen-bond acceptors (Lipinski definition) is 0. The zero-order valence-corrected chi connectivity index (χ0v) is 12.2. The maximum atomic E-state index is 11.8. The first-order valence-corrected chi connectivity index (χ1v) is 7.80. The van der Waals surface area contributed by atoms with Gasteiger partial charge in [-0.05, 0) is 36.9 Å². The van der Waals surface area contributed by atoms with Crippen LogP contribution >= 0.6 is 8.58 Å². The van der Waals surface area contributed by atoms with Crippen molar-refractivity contribution in [2.24, 2.45) is 5.92 Å². The Morgan fingerprint density at radius 2 is 2.18 bits per heavy atom. The molecule has 0 aliphatic carbocycles. The highest BCUT2D eigenvalue weighted by Gasteiger charge is 1.99. The number of halogens is 1. The molecule has 0 aromatic rings. The van der Waals surface area contributed by atoms with Gasteiger partial charge in [0.1, 0.15) is 0 Å². The number of allylic oxidation sites excluding steroid dienone is 4. The van der Waals surface area contributed by atoms with E-state index in [0.717, 1.165) is 33.5 Å². The second kappa shape index (κ2) is 12.0. The molecule has 0 amide bonds. The van der Waals surface area contributed by atoms with Gasteiger partial charge in [0.05, 0.1) is 6.67 Å². The van der Waals surface area contributed by atoms with Gasteiger partial charge in [0, 0.05) is 0 Å². The Morgan fingerprint density at radius 3 is 2.76 bits per heavy atom. The molecule has 0 saturated carbocycles. The van der Waals surface area contributed by atoms with Crippen molar-refractivity contribution in [3.05, 3.63) is 36.2 Å². The van der Waals surface area contributed by atoms with E-state index in [-0.39, 0.29) is 6.67 Å². The first-order valence-electron chi connectivity index (χ1n) is 6.52. The fourth-order valence-electron chi connectivity index (χ4n) is 1.41. The van der Waals surface area contributed by atoms with Crippen molar-refractivity contribution in [2.45, 2.75) is 39.5 Å². The van der Waals surface area contributed by atoms with Crippen LogP contribution in [0.2, 0.25) is 0 Å². The van der Waals surface area contributed by atoms with Crippen LogP contribution < -0.4 is 0 Å². The summed E-state index contributed by atoms with van der Waals surface area (Å²) in [5, 5.41) is 0. The normalized spacial score (nSPS) is 14.9. The third-order valence-electron chi connectivity index (χ3n) is 2.77. The van der Waals surface area contributed by atoms with E-state index in [2.05, 4.69) is 38.4 Å². The summed E-state index contributed by atoms with van der Waals surface area (Å²) in [6.45, 7) is 8.15.